The lowest BCUT2D eigenvalue weighted by Crippen LogP contribution is -2.49. The van der Waals surface area contributed by atoms with E-state index < -0.39 is 0 Å². The number of benzene rings is 1. The van der Waals surface area contributed by atoms with E-state index in [1.54, 1.807) is 0 Å². The number of carbonyl (C=O) groups excluding carboxylic acids is 1. The number of thiophene rings is 1. The highest BCUT2D eigenvalue weighted by molar-refractivity contribution is 7.12. The van der Waals surface area contributed by atoms with Crippen LogP contribution in [0.5, 0.6) is 0 Å². The predicted octanol–water partition coefficient (Wildman–Crippen LogP) is 5.31. The number of anilines is 1. The Morgan fingerprint density at radius 2 is 1.82 bits per heavy atom. The van der Waals surface area contributed by atoms with Crippen molar-refractivity contribution in [2.75, 3.05) is 31.1 Å². The quantitative estimate of drug-likeness (QED) is 0.474. The van der Waals surface area contributed by atoms with E-state index in [0.717, 1.165) is 59.3 Å². The molecular formula is C26H31FN4OS. The number of halogens is 1. The number of aryl methyl sites for hydroxylation is 1. The zero-order valence-electron chi connectivity index (χ0n) is 19.6. The predicted molar refractivity (Wildman–Crippen MR) is 132 cm³/mol. The van der Waals surface area contributed by atoms with Crippen LogP contribution in [0, 0.1) is 5.82 Å². The lowest BCUT2D eigenvalue weighted by molar-refractivity contribution is 0.0751. The van der Waals surface area contributed by atoms with Crippen LogP contribution in [0.4, 0.5) is 10.2 Å². The standard InChI is InChI=1S/C26H31FN4OS/c1-4-18(3)24-28-22(5-2)21(17-19-8-10-20(27)11-9-19)25(29-24)30-12-14-31(15-13-30)26(32)23-7-6-16-33-23/h6-11,16,18H,4-5,12-15,17H2,1-3H3/t18-/m0/s1. The van der Waals surface area contributed by atoms with Crippen molar-refractivity contribution >= 4 is 23.1 Å². The molecule has 1 aliphatic heterocycles. The van der Waals surface area contributed by atoms with Crippen LogP contribution in [0.15, 0.2) is 41.8 Å². The van der Waals surface area contributed by atoms with Crippen molar-refractivity contribution in [2.45, 2.75) is 46.0 Å². The maximum Gasteiger partial charge on any atom is 0.264 e. The molecule has 0 spiro atoms. The molecule has 0 unspecified atom stereocenters. The van der Waals surface area contributed by atoms with Crippen LogP contribution in [-0.2, 0) is 12.8 Å². The van der Waals surface area contributed by atoms with Gasteiger partial charge in [0.2, 0.25) is 0 Å². The van der Waals surface area contributed by atoms with E-state index in [1.807, 2.05) is 34.5 Å². The highest BCUT2D eigenvalue weighted by Crippen LogP contribution is 2.29. The van der Waals surface area contributed by atoms with Gasteiger partial charge in [-0.2, -0.15) is 0 Å². The lowest BCUT2D eigenvalue weighted by atomic mass is 10.0. The Hall–Kier alpha value is -2.80. The number of nitrogens with zero attached hydrogens (tertiary/aromatic N) is 4. The smallest absolute Gasteiger partial charge is 0.264 e. The van der Waals surface area contributed by atoms with Gasteiger partial charge in [-0.05, 0) is 42.0 Å². The molecule has 1 atom stereocenters. The summed E-state index contributed by atoms with van der Waals surface area (Å²) in [6, 6.07) is 10.5. The molecular weight excluding hydrogens is 435 g/mol. The van der Waals surface area contributed by atoms with Crippen molar-refractivity contribution in [3.63, 3.8) is 0 Å². The number of carbonyl (C=O) groups is 1. The third-order valence-electron chi connectivity index (χ3n) is 6.37. The molecule has 0 bridgehead atoms. The van der Waals surface area contributed by atoms with E-state index >= 15 is 0 Å². The van der Waals surface area contributed by atoms with Gasteiger partial charge in [-0.3, -0.25) is 4.79 Å². The maximum absolute atomic E-state index is 13.5. The van der Waals surface area contributed by atoms with E-state index in [0.29, 0.717) is 19.5 Å². The van der Waals surface area contributed by atoms with Gasteiger partial charge in [-0.15, -0.1) is 11.3 Å². The van der Waals surface area contributed by atoms with Crippen molar-refractivity contribution in [1.82, 2.24) is 14.9 Å². The minimum Gasteiger partial charge on any atom is -0.353 e. The summed E-state index contributed by atoms with van der Waals surface area (Å²) in [4.78, 5) is 27.8. The molecule has 1 fully saturated rings. The monoisotopic (exact) mass is 466 g/mol. The van der Waals surface area contributed by atoms with Crippen molar-refractivity contribution in [3.05, 3.63) is 75.1 Å². The van der Waals surface area contributed by atoms with Crippen molar-refractivity contribution in [2.24, 2.45) is 0 Å². The number of piperazine rings is 1. The number of aromatic nitrogens is 2. The summed E-state index contributed by atoms with van der Waals surface area (Å²) in [6.45, 7) is 9.23. The molecule has 33 heavy (non-hydrogen) atoms. The zero-order valence-corrected chi connectivity index (χ0v) is 20.4. The molecule has 7 heteroatoms. The molecule has 3 heterocycles. The van der Waals surface area contributed by atoms with Gasteiger partial charge in [0.25, 0.3) is 5.91 Å². The second-order valence-corrected chi connectivity index (χ2v) is 9.50. The Morgan fingerprint density at radius 1 is 1.09 bits per heavy atom. The summed E-state index contributed by atoms with van der Waals surface area (Å²) >= 11 is 1.49. The molecule has 1 amide bonds. The van der Waals surface area contributed by atoms with Crippen LogP contribution >= 0.6 is 11.3 Å². The fraction of sp³-hybridized carbons (Fsp3) is 0.423. The Morgan fingerprint density at radius 3 is 2.42 bits per heavy atom. The third kappa shape index (κ3) is 5.24. The minimum atomic E-state index is -0.232. The first kappa shape index (κ1) is 23.4. The fourth-order valence-corrected chi connectivity index (χ4v) is 4.85. The van der Waals surface area contributed by atoms with Crippen molar-refractivity contribution in [3.8, 4) is 0 Å². The van der Waals surface area contributed by atoms with Crippen molar-refractivity contribution < 1.29 is 9.18 Å². The molecule has 1 aromatic carbocycles. The van der Waals surface area contributed by atoms with Crippen LogP contribution in [0.1, 0.15) is 65.4 Å². The van der Waals surface area contributed by atoms with Crippen LogP contribution < -0.4 is 4.90 Å². The van der Waals surface area contributed by atoms with Gasteiger partial charge in [0.15, 0.2) is 0 Å². The molecule has 0 radical (unpaired) electrons. The lowest BCUT2D eigenvalue weighted by Gasteiger charge is -2.36. The average molecular weight is 467 g/mol. The highest BCUT2D eigenvalue weighted by Gasteiger charge is 2.27. The summed E-state index contributed by atoms with van der Waals surface area (Å²) in [5.41, 5.74) is 3.20. The number of rotatable bonds is 7. The van der Waals surface area contributed by atoms with Crippen molar-refractivity contribution in [1.29, 1.82) is 0 Å². The number of hydrogen-bond acceptors (Lipinski definition) is 5. The zero-order chi connectivity index (χ0) is 23.4. The average Bonchev–Trinajstić information content (AvgIpc) is 3.39. The Bertz CT molecular complexity index is 1080. The molecule has 3 aromatic rings. The summed E-state index contributed by atoms with van der Waals surface area (Å²) in [5.74, 6) is 1.99. The number of amides is 1. The van der Waals surface area contributed by atoms with Gasteiger partial charge >= 0.3 is 0 Å². The first-order valence-corrected chi connectivity index (χ1v) is 12.6. The molecule has 5 nitrogen and oxygen atoms in total. The molecule has 0 saturated carbocycles. The first-order chi connectivity index (χ1) is 16.0. The highest BCUT2D eigenvalue weighted by atomic mass is 32.1. The summed E-state index contributed by atoms with van der Waals surface area (Å²) < 4.78 is 13.5. The third-order valence-corrected chi connectivity index (χ3v) is 7.23. The van der Waals surface area contributed by atoms with Crippen LogP contribution in [0.2, 0.25) is 0 Å². The van der Waals surface area contributed by atoms with Gasteiger partial charge in [0.1, 0.15) is 17.5 Å². The summed E-state index contributed by atoms with van der Waals surface area (Å²) in [5, 5.41) is 1.94. The second kappa shape index (κ2) is 10.4. The minimum absolute atomic E-state index is 0.105. The van der Waals surface area contributed by atoms with Gasteiger partial charge in [-0.1, -0.05) is 39.0 Å². The summed E-state index contributed by atoms with van der Waals surface area (Å²) in [6.07, 6.45) is 2.45. The van der Waals surface area contributed by atoms with E-state index in [2.05, 4.69) is 25.7 Å². The van der Waals surface area contributed by atoms with Crippen LogP contribution in [-0.4, -0.2) is 47.0 Å². The maximum atomic E-state index is 13.5. The molecule has 1 aliphatic rings. The van der Waals surface area contributed by atoms with Crippen LogP contribution in [0.3, 0.4) is 0 Å². The second-order valence-electron chi connectivity index (χ2n) is 8.55. The fourth-order valence-electron chi connectivity index (χ4n) is 4.16. The molecule has 4 rings (SSSR count). The summed E-state index contributed by atoms with van der Waals surface area (Å²) in [7, 11) is 0. The van der Waals surface area contributed by atoms with E-state index in [-0.39, 0.29) is 17.6 Å². The van der Waals surface area contributed by atoms with Gasteiger partial charge < -0.3 is 9.80 Å². The Labute approximate surface area is 199 Å². The van der Waals surface area contributed by atoms with E-state index in [9.17, 15) is 9.18 Å². The van der Waals surface area contributed by atoms with E-state index in [4.69, 9.17) is 9.97 Å². The molecule has 0 N–H and O–H groups in total. The molecule has 2 aromatic heterocycles. The van der Waals surface area contributed by atoms with Gasteiger partial charge in [0.05, 0.1) is 4.88 Å². The normalized spacial score (nSPS) is 15.0. The van der Waals surface area contributed by atoms with Crippen LogP contribution in [0.25, 0.3) is 0 Å². The SMILES string of the molecule is CCc1nc([C@@H](C)CC)nc(N2CCN(C(=O)c3cccs3)CC2)c1Cc1ccc(F)cc1. The topological polar surface area (TPSA) is 49.3 Å². The molecule has 174 valence electrons. The van der Waals surface area contributed by atoms with E-state index in [1.165, 1.54) is 23.5 Å². The largest absolute Gasteiger partial charge is 0.353 e. The Kier molecular flexibility index (Phi) is 7.38. The first-order valence-electron chi connectivity index (χ1n) is 11.7. The molecule has 0 aliphatic carbocycles. The Balaban J connectivity index is 1.63. The van der Waals surface area contributed by atoms with Gasteiger partial charge in [0, 0.05) is 49.8 Å². The van der Waals surface area contributed by atoms with Gasteiger partial charge in [-0.25, -0.2) is 14.4 Å². The molecule has 1 saturated heterocycles. The number of hydrogen-bond donors (Lipinski definition) is 0.